The van der Waals surface area contributed by atoms with Gasteiger partial charge in [0.2, 0.25) is 0 Å². The summed E-state index contributed by atoms with van der Waals surface area (Å²) in [6, 6.07) is 17.5. The van der Waals surface area contributed by atoms with E-state index in [0.29, 0.717) is 18.1 Å². The highest BCUT2D eigenvalue weighted by atomic mass is 35.5. The Labute approximate surface area is 155 Å². The quantitative estimate of drug-likeness (QED) is 0.859. The minimum Gasteiger partial charge on any atom is -0.489 e. The molecule has 3 rings (SSSR count). The Morgan fingerprint density at radius 2 is 1.88 bits per heavy atom. The van der Waals surface area contributed by atoms with Crippen molar-refractivity contribution in [2.45, 2.75) is 26.0 Å². The molecule has 134 valence electrons. The van der Waals surface area contributed by atoms with Gasteiger partial charge in [0.15, 0.2) is 0 Å². The second-order valence-corrected chi connectivity index (χ2v) is 6.31. The molecule has 1 fully saturated rings. The second kappa shape index (κ2) is 9.44. The summed E-state index contributed by atoms with van der Waals surface area (Å²) in [5.41, 5.74) is 1.58. The summed E-state index contributed by atoms with van der Waals surface area (Å²) in [4.78, 5) is 12.7. The van der Waals surface area contributed by atoms with E-state index in [4.69, 9.17) is 4.74 Å². The molecular formula is C20H25ClN2O2. The molecule has 0 aromatic heterocycles. The maximum atomic E-state index is 12.7. The Balaban J connectivity index is 0.00000225. The molecule has 0 saturated carbocycles. The molecule has 25 heavy (non-hydrogen) atoms. The Bertz CT molecular complexity index is 678. The fourth-order valence-electron chi connectivity index (χ4n) is 2.97. The number of nitrogens with one attached hydrogen (secondary N) is 2. The van der Waals surface area contributed by atoms with E-state index in [9.17, 15) is 4.79 Å². The fraction of sp³-hybridized carbons (Fsp3) is 0.350. The largest absolute Gasteiger partial charge is 0.489 e. The van der Waals surface area contributed by atoms with Gasteiger partial charge < -0.3 is 15.4 Å². The maximum absolute atomic E-state index is 12.7. The first-order valence-corrected chi connectivity index (χ1v) is 8.51. The first-order chi connectivity index (χ1) is 11.7. The molecule has 1 saturated heterocycles. The highest BCUT2D eigenvalue weighted by Gasteiger charge is 2.23. The smallest absolute Gasteiger partial charge is 0.251 e. The third-order valence-electron chi connectivity index (χ3n) is 4.54. The number of piperidine rings is 1. The lowest BCUT2D eigenvalue weighted by Gasteiger charge is -2.30. The summed E-state index contributed by atoms with van der Waals surface area (Å²) in [7, 11) is 0. The van der Waals surface area contributed by atoms with Crippen molar-refractivity contribution in [1.29, 1.82) is 0 Å². The molecule has 2 unspecified atom stereocenters. The predicted molar refractivity (Wildman–Crippen MR) is 102 cm³/mol. The van der Waals surface area contributed by atoms with E-state index in [0.717, 1.165) is 30.8 Å². The van der Waals surface area contributed by atoms with Gasteiger partial charge >= 0.3 is 0 Å². The number of hydrogen-bond donors (Lipinski definition) is 2. The van der Waals surface area contributed by atoms with E-state index in [1.165, 1.54) is 0 Å². The number of halogens is 1. The third-order valence-corrected chi connectivity index (χ3v) is 4.54. The number of carbonyl (C=O) groups is 1. The molecule has 1 amide bonds. The molecule has 2 aromatic rings. The van der Waals surface area contributed by atoms with Gasteiger partial charge in [0.25, 0.3) is 5.91 Å². The van der Waals surface area contributed by atoms with E-state index < -0.39 is 0 Å². The summed E-state index contributed by atoms with van der Waals surface area (Å²) < 4.78 is 5.80. The van der Waals surface area contributed by atoms with E-state index in [-0.39, 0.29) is 24.4 Å². The Hall–Kier alpha value is -2.04. The van der Waals surface area contributed by atoms with Gasteiger partial charge in [0.1, 0.15) is 12.4 Å². The molecule has 1 aliphatic heterocycles. The van der Waals surface area contributed by atoms with Crippen LogP contribution >= 0.6 is 12.4 Å². The first-order valence-electron chi connectivity index (χ1n) is 8.51. The van der Waals surface area contributed by atoms with E-state index >= 15 is 0 Å². The molecule has 1 heterocycles. The van der Waals surface area contributed by atoms with Crippen LogP contribution in [0.25, 0.3) is 0 Å². The van der Waals surface area contributed by atoms with Crippen molar-refractivity contribution in [2.24, 2.45) is 5.92 Å². The Morgan fingerprint density at radius 3 is 2.64 bits per heavy atom. The van der Waals surface area contributed by atoms with Crippen molar-refractivity contribution in [3.05, 3.63) is 65.7 Å². The van der Waals surface area contributed by atoms with E-state index in [1.807, 2.05) is 54.6 Å². The van der Waals surface area contributed by atoms with Gasteiger partial charge in [0.05, 0.1) is 0 Å². The predicted octanol–water partition coefficient (Wildman–Crippen LogP) is 3.42. The van der Waals surface area contributed by atoms with Crippen molar-refractivity contribution in [1.82, 2.24) is 10.6 Å². The molecule has 2 aromatic carbocycles. The van der Waals surface area contributed by atoms with Gasteiger partial charge in [-0.05, 0) is 37.1 Å². The first kappa shape index (κ1) is 19.3. The molecule has 2 atom stereocenters. The highest BCUT2D eigenvalue weighted by molar-refractivity contribution is 5.95. The lowest BCUT2D eigenvalue weighted by Crippen LogP contribution is -2.50. The van der Waals surface area contributed by atoms with Crippen LogP contribution in [0.4, 0.5) is 0 Å². The monoisotopic (exact) mass is 360 g/mol. The van der Waals surface area contributed by atoms with Crippen LogP contribution < -0.4 is 15.4 Å². The summed E-state index contributed by atoms with van der Waals surface area (Å²) in [6.07, 6.45) is 1.09. The topological polar surface area (TPSA) is 50.4 Å². The SMILES string of the molecule is CC1CCNCC1NC(=O)c1ccccc1COc1ccccc1.Cl. The van der Waals surface area contributed by atoms with E-state index in [1.54, 1.807) is 0 Å². The minimum absolute atomic E-state index is 0. The van der Waals surface area contributed by atoms with Crippen LogP contribution in [0.5, 0.6) is 5.75 Å². The zero-order chi connectivity index (χ0) is 16.8. The van der Waals surface area contributed by atoms with Gasteiger partial charge in [-0.1, -0.05) is 43.3 Å². The molecule has 4 nitrogen and oxygen atoms in total. The minimum atomic E-state index is -0.0252. The van der Waals surface area contributed by atoms with Crippen molar-refractivity contribution in [3.63, 3.8) is 0 Å². The molecule has 1 aliphatic rings. The van der Waals surface area contributed by atoms with Gasteiger partial charge in [0, 0.05) is 23.7 Å². The van der Waals surface area contributed by atoms with Crippen LogP contribution in [0.3, 0.4) is 0 Å². The molecule has 2 N–H and O–H groups in total. The van der Waals surface area contributed by atoms with Crippen LogP contribution in [0, 0.1) is 5.92 Å². The highest BCUT2D eigenvalue weighted by Crippen LogP contribution is 2.16. The van der Waals surface area contributed by atoms with Gasteiger partial charge in [-0.3, -0.25) is 4.79 Å². The van der Waals surface area contributed by atoms with Crippen LogP contribution in [0.2, 0.25) is 0 Å². The van der Waals surface area contributed by atoms with E-state index in [2.05, 4.69) is 17.6 Å². The molecule has 0 spiro atoms. The van der Waals surface area contributed by atoms with Crippen LogP contribution in [0.15, 0.2) is 54.6 Å². The van der Waals surface area contributed by atoms with Crippen LogP contribution in [0.1, 0.15) is 29.3 Å². The number of rotatable bonds is 5. The molecule has 0 bridgehead atoms. The maximum Gasteiger partial charge on any atom is 0.251 e. The number of para-hydroxylation sites is 1. The molecule has 0 aliphatic carbocycles. The number of hydrogen-bond acceptors (Lipinski definition) is 3. The Morgan fingerprint density at radius 1 is 1.16 bits per heavy atom. The fourth-order valence-corrected chi connectivity index (χ4v) is 2.97. The summed E-state index contributed by atoms with van der Waals surface area (Å²) in [5, 5.41) is 6.51. The average Bonchev–Trinajstić information content (AvgIpc) is 2.63. The van der Waals surface area contributed by atoms with Crippen molar-refractivity contribution in [2.75, 3.05) is 13.1 Å². The lowest BCUT2D eigenvalue weighted by molar-refractivity contribution is 0.0912. The standard InChI is InChI=1S/C20H24N2O2.ClH/c1-15-11-12-21-13-19(15)22-20(23)18-10-6-5-7-16(18)14-24-17-8-3-2-4-9-17;/h2-10,15,19,21H,11-14H2,1H3,(H,22,23);1H. The van der Waals surface area contributed by atoms with Gasteiger partial charge in [-0.15, -0.1) is 12.4 Å². The number of amides is 1. The normalized spacial score (nSPS) is 19.6. The number of ether oxygens (including phenoxy) is 1. The number of carbonyl (C=O) groups excluding carboxylic acids is 1. The van der Waals surface area contributed by atoms with Crippen molar-refractivity contribution in [3.8, 4) is 5.75 Å². The summed E-state index contributed by atoms with van der Waals surface area (Å²) >= 11 is 0. The lowest BCUT2D eigenvalue weighted by atomic mass is 9.94. The zero-order valence-corrected chi connectivity index (χ0v) is 15.2. The van der Waals surface area contributed by atoms with Crippen molar-refractivity contribution >= 4 is 18.3 Å². The summed E-state index contributed by atoms with van der Waals surface area (Å²) in [6.45, 7) is 4.42. The van der Waals surface area contributed by atoms with Crippen LogP contribution in [-0.2, 0) is 6.61 Å². The Kier molecular flexibility index (Phi) is 7.29. The van der Waals surface area contributed by atoms with Crippen LogP contribution in [-0.4, -0.2) is 25.0 Å². The van der Waals surface area contributed by atoms with Gasteiger partial charge in [-0.25, -0.2) is 0 Å². The van der Waals surface area contributed by atoms with Crippen molar-refractivity contribution < 1.29 is 9.53 Å². The average molecular weight is 361 g/mol. The second-order valence-electron chi connectivity index (χ2n) is 6.31. The molecular weight excluding hydrogens is 336 g/mol. The zero-order valence-electron chi connectivity index (χ0n) is 14.4. The van der Waals surface area contributed by atoms with Gasteiger partial charge in [-0.2, -0.15) is 0 Å². The third kappa shape index (κ3) is 5.21. The molecule has 0 radical (unpaired) electrons. The molecule has 5 heteroatoms. The summed E-state index contributed by atoms with van der Waals surface area (Å²) in [5.74, 6) is 1.27. The number of benzene rings is 2.